The van der Waals surface area contributed by atoms with Crippen molar-refractivity contribution >= 4 is 5.91 Å². The first-order chi connectivity index (χ1) is 14.5. The third kappa shape index (κ3) is 4.00. The quantitative estimate of drug-likeness (QED) is 0.645. The fraction of sp³-hybridized carbons (Fsp3) is 0.409. The molecule has 1 saturated heterocycles. The molecule has 158 valence electrons. The van der Waals surface area contributed by atoms with Gasteiger partial charge in [-0.1, -0.05) is 12.1 Å². The molecule has 3 heterocycles. The summed E-state index contributed by atoms with van der Waals surface area (Å²) in [6, 6.07) is 7.92. The van der Waals surface area contributed by atoms with Crippen molar-refractivity contribution in [2.24, 2.45) is 0 Å². The van der Waals surface area contributed by atoms with Crippen molar-refractivity contribution in [3.63, 3.8) is 0 Å². The summed E-state index contributed by atoms with van der Waals surface area (Å²) < 4.78 is 20.6. The number of hydrogen-bond acceptors (Lipinski definition) is 5. The van der Waals surface area contributed by atoms with E-state index in [2.05, 4.69) is 22.0 Å². The lowest BCUT2D eigenvalue weighted by molar-refractivity contribution is -0.133. The average Bonchev–Trinajstić information content (AvgIpc) is 3.35. The summed E-state index contributed by atoms with van der Waals surface area (Å²) in [7, 11) is 0. The van der Waals surface area contributed by atoms with E-state index in [1.165, 1.54) is 12.1 Å². The van der Waals surface area contributed by atoms with Crippen molar-refractivity contribution in [1.29, 1.82) is 0 Å². The number of nitrogens with zero attached hydrogens (tertiary/aromatic N) is 5. The molecule has 0 aliphatic carbocycles. The summed E-state index contributed by atoms with van der Waals surface area (Å²) in [6.45, 7) is 10.8. The Hall–Kier alpha value is -3.00. The largest absolute Gasteiger partial charge is 0.339 e. The molecule has 1 amide bonds. The van der Waals surface area contributed by atoms with Crippen molar-refractivity contribution < 1.29 is 13.7 Å². The first-order valence-electron chi connectivity index (χ1n) is 10.2. The van der Waals surface area contributed by atoms with E-state index in [-0.39, 0.29) is 11.7 Å². The number of benzene rings is 1. The first-order valence-corrected chi connectivity index (χ1v) is 10.2. The summed E-state index contributed by atoms with van der Waals surface area (Å²) in [5.41, 5.74) is 3.35. The van der Waals surface area contributed by atoms with E-state index in [1.807, 2.05) is 29.4 Å². The van der Waals surface area contributed by atoms with Crippen LogP contribution in [0.15, 0.2) is 34.9 Å². The summed E-state index contributed by atoms with van der Waals surface area (Å²) in [4.78, 5) is 21.6. The smallest absolute Gasteiger partial charge is 0.260 e. The number of carbonyl (C=O) groups excluding carboxylic acids is 1. The van der Waals surface area contributed by atoms with E-state index in [0.29, 0.717) is 23.8 Å². The van der Waals surface area contributed by atoms with Crippen molar-refractivity contribution in [1.82, 2.24) is 24.5 Å². The van der Waals surface area contributed by atoms with E-state index in [1.54, 1.807) is 12.1 Å². The lowest BCUT2D eigenvalue weighted by Gasteiger charge is -2.34. The zero-order valence-electron chi connectivity index (χ0n) is 17.6. The molecule has 0 radical (unpaired) electrons. The summed E-state index contributed by atoms with van der Waals surface area (Å²) >= 11 is 0. The van der Waals surface area contributed by atoms with Crippen LogP contribution in [-0.2, 0) is 11.3 Å². The molecule has 4 rings (SSSR count). The van der Waals surface area contributed by atoms with Gasteiger partial charge in [-0.2, -0.15) is 4.98 Å². The van der Waals surface area contributed by atoms with Crippen molar-refractivity contribution in [2.75, 3.05) is 32.7 Å². The summed E-state index contributed by atoms with van der Waals surface area (Å²) in [5, 5.41) is 4.02. The van der Waals surface area contributed by atoms with Gasteiger partial charge in [-0.15, -0.1) is 0 Å². The molecule has 1 aliphatic rings. The predicted octanol–water partition coefficient (Wildman–Crippen LogP) is 3.13. The molecule has 0 saturated carbocycles. The number of rotatable bonds is 5. The van der Waals surface area contributed by atoms with Gasteiger partial charge in [0.05, 0.1) is 5.56 Å². The molecule has 3 aromatic rings. The van der Waals surface area contributed by atoms with Crippen LogP contribution in [0.4, 0.5) is 4.39 Å². The van der Waals surface area contributed by atoms with Gasteiger partial charge < -0.3 is 18.9 Å². The molecular weight excluding hydrogens is 385 g/mol. The molecule has 1 fully saturated rings. The lowest BCUT2D eigenvalue weighted by Crippen LogP contribution is -2.49. The van der Waals surface area contributed by atoms with E-state index in [4.69, 9.17) is 4.52 Å². The van der Waals surface area contributed by atoms with Crippen molar-refractivity contribution in [3.05, 3.63) is 47.5 Å². The van der Waals surface area contributed by atoms with Gasteiger partial charge in [-0.3, -0.25) is 4.79 Å². The first kappa shape index (κ1) is 20.3. The maximum absolute atomic E-state index is 13.1. The van der Waals surface area contributed by atoms with E-state index >= 15 is 0 Å². The van der Waals surface area contributed by atoms with Gasteiger partial charge in [0.15, 0.2) is 0 Å². The van der Waals surface area contributed by atoms with Crippen LogP contribution in [0.25, 0.3) is 22.8 Å². The van der Waals surface area contributed by atoms with Gasteiger partial charge in [0.2, 0.25) is 11.7 Å². The highest BCUT2D eigenvalue weighted by atomic mass is 19.1. The average molecular weight is 411 g/mol. The molecular formula is C22H26FN5O2. The molecule has 0 unspecified atom stereocenters. The molecule has 7 nitrogen and oxygen atoms in total. The predicted molar refractivity (Wildman–Crippen MR) is 111 cm³/mol. The molecule has 0 atom stereocenters. The number of amides is 1. The Labute approximate surface area is 175 Å². The number of hydrogen-bond donors (Lipinski definition) is 0. The zero-order chi connectivity index (χ0) is 21.3. The van der Waals surface area contributed by atoms with Crippen LogP contribution < -0.4 is 0 Å². The van der Waals surface area contributed by atoms with Crippen LogP contribution >= 0.6 is 0 Å². The third-order valence-electron chi connectivity index (χ3n) is 5.80. The van der Waals surface area contributed by atoms with E-state index < -0.39 is 0 Å². The second-order valence-electron chi connectivity index (χ2n) is 7.62. The molecule has 1 aromatic carbocycles. The number of likely N-dealkylation sites (N-methyl/N-ethyl adjacent to an activating group) is 1. The maximum Gasteiger partial charge on any atom is 0.260 e. The molecule has 0 N–H and O–H groups in total. The van der Waals surface area contributed by atoms with Crippen molar-refractivity contribution in [2.45, 2.75) is 27.3 Å². The van der Waals surface area contributed by atoms with Crippen LogP contribution in [-0.4, -0.2) is 63.1 Å². The highest BCUT2D eigenvalue weighted by molar-refractivity contribution is 5.77. The minimum absolute atomic E-state index is 0.122. The summed E-state index contributed by atoms with van der Waals surface area (Å²) in [6.07, 6.45) is 0. The van der Waals surface area contributed by atoms with Gasteiger partial charge in [-0.25, -0.2) is 4.39 Å². The van der Waals surface area contributed by atoms with Gasteiger partial charge in [0, 0.05) is 43.1 Å². The number of carbonyl (C=O) groups is 1. The standard InChI is InChI=1S/C22H26FN5O2/c1-4-26-9-11-27(12-10-26)20(29)14-28-15(2)13-19(16(28)3)22-24-21(25-30-22)17-5-7-18(23)8-6-17/h5-8,13H,4,9-12,14H2,1-3H3. The molecule has 8 heteroatoms. The van der Waals surface area contributed by atoms with Gasteiger partial charge >= 0.3 is 0 Å². The number of halogens is 1. The fourth-order valence-corrected chi connectivity index (χ4v) is 3.86. The third-order valence-corrected chi connectivity index (χ3v) is 5.80. The minimum Gasteiger partial charge on any atom is -0.339 e. The molecule has 0 bridgehead atoms. The van der Waals surface area contributed by atoms with Crippen LogP contribution in [0.2, 0.25) is 0 Å². The maximum atomic E-state index is 13.1. The Morgan fingerprint density at radius 2 is 1.83 bits per heavy atom. The Kier molecular flexibility index (Phi) is 5.67. The van der Waals surface area contributed by atoms with Gasteiger partial charge in [-0.05, 0) is 50.7 Å². The number of aromatic nitrogens is 3. The SMILES string of the molecule is CCN1CCN(C(=O)Cn2c(C)cc(-c3nc(-c4ccc(F)cc4)no3)c2C)CC1. The topological polar surface area (TPSA) is 67.4 Å². The second-order valence-corrected chi connectivity index (χ2v) is 7.62. The highest BCUT2D eigenvalue weighted by Crippen LogP contribution is 2.28. The van der Waals surface area contributed by atoms with Crippen LogP contribution in [0.1, 0.15) is 18.3 Å². The fourth-order valence-electron chi connectivity index (χ4n) is 3.86. The van der Waals surface area contributed by atoms with E-state index in [0.717, 1.165) is 49.7 Å². The second kappa shape index (κ2) is 8.39. The zero-order valence-corrected chi connectivity index (χ0v) is 17.6. The Balaban J connectivity index is 1.51. The number of aryl methyl sites for hydroxylation is 1. The van der Waals surface area contributed by atoms with Crippen LogP contribution in [0.3, 0.4) is 0 Å². The van der Waals surface area contributed by atoms with Crippen molar-refractivity contribution in [3.8, 4) is 22.8 Å². The normalized spacial score (nSPS) is 15.0. The monoisotopic (exact) mass is 411 g/mol. The minimum atomic E-state index is -0.313. The van der Waals surface area contributed by atoms with Crippen LogP contribution in [0, 0.1) is 19.7 Å². The number of piperazine rings is 1. The molecule has 0 spiro atoms. The molecule has 1 aliphatic heterocycles. The van der Waals surface area contributed by atoms with E-state index in [9.17, 15) is 9.18 Å². The lowest BCUT2D eigenvalue weighted by atomic mass is 10.2. The Morgan fingerprint density at radius 1 is 1.13 bits per heavy atom. The summed E-state index contributed by atoms with van der Waals surface area (Å²) in [5.74, 6) is 0.598. The van der Waals surface area contributed by atoms with Gasteiger partial charge in [0.1, 0.15) is 12.4 Å². The Bertz CT molecular complexity index is 1030. The molecule has 30 heavy (non-hydrogen) atoms. The Morgan fingerprint density at radius 3 is 2.50 bits per heavy atom. The van der Waals surface area contributed by atoms with Crippen LogP contribution in [0.5, 0.6) is 0 Å². The highest BCUT2D eigenvalue weighted by Gasteiger charge is 2.23. The molecule has 2 aromatic heterocycles. The van der Waals surface area contributed by atoms with Gasteiger partial charge in [0.25, 0.3) is 5.89 Å².